The van der Waals surface area contributed by atoms with Gasteiger partial charge in [0.05, 0.1) is 0 Å². The number of rotatable bonds is 3. The van der Waals surface area contributed by atoms with Crippen molar-refractivity contribution in [1.29, 1.82) is 0 Å². The van der Waals surface area contributed by atoms with Gasteiger partial charge in [0.15, 0.2) is 0 Å². The number of carbonyl (C=O) groups excluding carboxylic acids is 1. The minimum Gasteiger partial charge on any atom is -0.338 e. The van der Waals surface area contributed by atoms with E-state index in [0.717, 1.165) is 25.9 Å². The van der Waals surface area contributed by atoms with E-state index in [1.54, 1.807) is 35.4 Å². The lowest BCUT2D eigenvalue weighted by Crippen LogP contribution is -2.45. The number of pyridine rings is 1. The van der Waals surface area contributed by atoms with Gasteiger partial charge in [-0.25, -0.2) is 9.97 Å². The monoisotopic (exact) mass is 299 g/mol. The van der Waals surface area contributed by atoms with Gasteiger partial charge >= 0.3 is 0 Å². The Morgan fingerprint density at radius 1 is 1.45 bits per heavy atom. The van der Waals surface area contributed by atoms with Crippen LogP contribution in [0.25, 0.3) is 5.82 Å². The van der Waals surface area contributed by atoms with Crippen LogP contribution in [-0.2, 0) is 0 Å². The third-order valence-corrected chi connectivity index (χ3v) is 4.25. The molecule has 116 valence electrons. The molecule has 0 radical (unpaired) electrons. The fourth-order valence-electron chi connectivity index (χ4n) is 2.89. The molecule has 0 aliphatic carbocycles. The predicted molar refractivity (Wildman–Crippen MR) is 83.6 cm³/mol. The molecule has 0 spiro atoms. The zero-order chi connectivity index (χ0) is 15.5. The van der Waals surface area contributed by atoms with Crippen LogP contribution in [-0.4, -0.2) is 44.5 Å². The normalized spacial score (nSPS) is 19.9. The maximum Gasteiger partial charge on any atom is 0.254 e. The van der Waals surface area contributed by atoms with Gasteiger partial charge < -0.3 is 10.6 Å². The summed E-state index contributed by atoms with van der Waals surface area (Å²) in [5.41, 5.74) is 6.65. The van der Waals surface area contributed by atoms with Crippen LogP contribution in [0.1, 0.15) is 30.1 Å². The van der Waals surface area contributed by atoms with Gasteiger partial charge in [-0.15, -0.1) is 0 Å². The summed E-state index contributed by atoms with van der Waals surface area (Å²) in [6, 6.07) is 3.69. The van der Waals surface area contributed by atoms with Gasteiger partial charge in [-0.3, -0.25) is 9.36 Å². The summed E-state index contributed by atoms with van der Waals surface area (Å²) in [6.07, 6.45) is 8.94. The van der Waals surface area contributed by atoms with E-state index in [0.29, 0.717) is 17.3 Å². The van der Waals surface area contributed by atoms with Crippen LogP contribution in [0.4, 0.5) is 0 Å². The first-order valence-corrected chi connectivity index (χ1v) is 7.64. The number of nitrogens with two attached hydrogens (primary N) is 1. The Hall–Kier alpha value is -2.21. The predicted octanol–water partition coefficient (Wildman–Crippen LogP) is 1.47. The summed E-state index contributed by atoms with van der Waals surface area (Å²) in [4.78, 5) is 22.9. The fourth-order valence-corrected chi connectivity index (χ4v) is 2.89. The molecule has 0 aromatic carbocycles. The van der Waals surface area contributed by atoms with Crippen LogP contribution in [0.3, 0.4) is 0 Å². The summed E-state index contributed by atoms with van der Waals surface area (Å²) in [7, 11) is 0. The minimum atomic E-state index is 0.0501. The Labute approximate surface area is 130 Å². The molecule has 0 unspecified atom stereocenters. The Bertz CT molecular complexity index is 638. The van der Waals surface area contributed by atoms with E-state index in [2.05, 4.69) is 9.97 Å². The van der Waals surface area contributed by atoms with E-state index in [1.165, 1.54) is 0 Å². The van der Waals surface area contributed by atoms with Gasteiger partial charge in [-0.2, -0.15) is 0 Å². The second kappa shape index (κ2) is 6.27. The van der Waals surface area contributed by atoms with E-state index in [4.69, 9.17) is 5.73 Å². The van der Waals surface area contributed by atoms with Gasteiger partial charge in [0.1, 0.15) is 12.1 Å². The standard InChI is InChI=1S/C16H21N5O/c1-12(17)14-3-2-7-20(10-14)16(22)13-4-5-19-15(9-13)21-8-6-18-11-21/h4-6,8-9,11-12,14H,2-3,7,10,17H2,1H3/t12-,14+/m0/s1. The Morgan fingerprint density at radius 3 is 3.05 bits per heavy atom. The largest absolute Gasteiger partial charge is 0.338 e. The molecule has 0 bridgehead atoms. The van der Waals surface area contributed by atoms with Crippen molar-refractivity contribution in [3.63, 3.8) is 0 Å². The van der Waals surface area contributed by atoms with Gasteiger partial charge in [0.25, 0.3) is 5.91 Å². The summed E-state index contributed by atoms with van der Waals surface area (Å²) >= 11 is 0. The molecule has 6 nitrogen and oxygen atoms in total. The van der Waals surface area contributed by atoms with Crippen LogP contribution in [0, 0.1) is 5.92 Å². The molecular formula is C16H21N5O. The summed E-state index contributed by atoms with van der Waals surface area (Å²) in [5.74, 6) is 1.13. The van der Waals surface area contributed by atoms with Crippen molar-refractivity contribution in [1.82, 2.24) is 19.4 Å². The van der Waals surface area contributed by atoms with Crippen molar-refractivity contribution in [3.8, 4) is 5.82 Å². The number of amides is 1. The average Bonchev–Trinajstić information content (AvgIpc) is 3.09. The van der Waals surface area contributed by atoms with Crippen LogP contribution in [0.15, 0.2) is 37.1 Å². The van der Waals surface area contributed by atoms with Crippen LogP contribution in [0.5, 0.6) is 0 Å². The molecule has 1 fully saturated rings. The molecule has 2 atom stereocenters. The van der Waals surface area contributed by atoms with Crippen LogP contribution < -0.4 is 5.73 Å². The van der Waals surface area contributed by atoms with Gasteiger partial charge in [0, 0.05) is 43.3 Å². The number of carbonyl (C=O) groups is 1. The SMILES string of the molecule is C[C@H](N)[C@@H]1CCCN(C(=O)c2ccnc(-n3ccnc3)c2)C1. The number of aromatic nitrogens is 3. The third-order valence-electron chi connectivity index (χ3n) is 4.25. The molecule has 22 heavy (non-hydrogen) atoms. The summed E-state index contributed by atoms with van der Waals surface area (Å²) in [5, 5.41) is 0. The fraction of sp³-hybridized carbons (Fsp3) is 0.438. The average molecular weight is 299 g/mol. The topological polar surface area (TPSA) is 77.0 Å². The van der Waals surface area contributed by atoms with Crippen molar-refractivity contribution < 1.29 is 4.79 Å². The Balaban J connectivity index is 1.79. The van der Waals surface area contributed by atoms with E-state index in [9.17, 15) is 4.79 Å². The molecule has 1 aliphatic heterocycles. The van der Waals surface area contributed by atoms with E-state index in [-0.39, 0.29) is 11.9 Å². The molecule has 6 heteroatoms. The minimum absolute atomic E-state index is 0.0501. The number of hydrogen-bond acceptors (Lipinski definition) is 4. The van der Waals surface area contributed by atoms with Gasteiger partial charge in [-0.05, 0) is 37.8 Å². The molecule has 1 aliphatic rings. The molecule has 3 heterocycles. The highest BCUT2D eigenvalue weighted by Gasteiger charge is 2.26. The molecule has 3 rings (SSSR count). The van der Waals surface area contributed by atoms with Crippen molar-refractivity contribution in [2.45, 2.75) is 25.8 Å². The molecule has 0 saturated carbocycles. The second-order valence-corrected chi connectivity index (χ2v) is 5.89. The highest BCUT2D eigenvalue weighted by molar-refractivity contribution is 5.94. The van der Waals surface area contributed by atoms with E-state index < -0.39 is 0 Å². The van der Waals surface area contributed by atoms with E-state index >= 15 is 0 Å². The lowest BCUT2D eigenvalue weighted by atomic mass is 9.92. The highest BCUT2D eigenvalue weighted by Crippen LogP contribution is 2.21. The number of likely N-dealkylation sites (tertiary alicyclic amines) is 1. The van der Waals surface area contributed by atoms with Crippen LogP contribution >= 0.6 is 0 Å². The first-order valence-electron chi connectivity index (χ1n) is 7.64. The van der Waals surface area contributed by atoms with Gasteiger partial charge in [0.2, 0.25) is 0 Å². The molecular weight excluding hydrogens is 278 g/mol. The van der Waals surface area contributed by atoms with Crippen molar-refractivity contribution in [2.75, 3.05) is 13.1 Å². The Morgan fingerprint density at radius 2 is 2.32 bits per heavy atom. The highest BCUT2D eigenvalue weighted by atomic mass is 16.2. The number of imidazole rings is 1. The number of nitrogens with zero attached hydrogens (tertiary/aromatic N) is 4. The van der Waals surface area contributed by atoms with Crippen molar-refractivity contribution >= 4 is 5.91 Å². The molecule has 2 aromatic heterocycles. The lowest BCUT2D eigenvalue weighted by molar-refractivity contribution is 0.0661. The van der Waals surface area contributed by atoms with Gasteiger partial charge in [-0.1, -0.05) is 0 Å². The Kier molecular flexibility index (Phi) is 4.20. The molecule has 1 saturated heterocycles. The van der Waals surface area contributed by atoms with Crippen molar-refractivity contribution in [3.05, 3.63) is 42.6 Å². The third kappa shape index (κ3) is 3.01. The quantitative estimate of drug-likeness (QED) is 0.931. The summed E-state index contributed by atoms with van der Waals surface area (Å²) < 4.78 is 1.79. The first-order chi connectivity index (χ1) is 10.6. The second-order valence-electron chi connectivity index (χ2n) is 5.89. The smallest absolute Gasteiger partial charge is 0.254 e. The molecule has 2 aromatic rings. The zero-order valence-corrected chi connectivity index (χ0v) is 12.7. The maximum absolute atomic E-state index is 12.7. The summed E-state index contributed by atoms with van der Waals surface area (Å²) in [6.45, 7) is 3.55. The maximum atomic E-state index is 12.7. The van der Waals surface area contributed by atoms with E-state index in [1.807, 2.05) is 18.0 Å². The molecule has 1 amide bonds. The van der Waals surface area contributed by atoms with Crippen LogP contribution in [0.2, 0.25) is 0 Å². The number of hydrogen-bond donors (Lipinski definition) is 1. The zero-order valence-electron chi connectivity index (χ0n) is 12.7. The first kappa shape index (κ1) is 14.7. The number of piperidine rings is 1. The molecule has 2 N–H and O–H groups in total. The van der Waals surface area contributed by atoms with Crippen molar-refractivity contribution in [2.24, 2.45) is 11.7 Å². The lowest BCUT2D eigenvalue weighted by Gasteiger charge is -2.34.